The minimum Gasteiger partial charge on any atom is -0.306 e. The van der Waals surface area contributed by atoms with E-state index in [1.807, 2.05) is 31.3 Å². The zero-order chi connectivity index (χ0) is 12.3. The molecule has 2 aromatic rings. The molecule has 90 valence electrons. The Hall–Kier alpha value is -1.32. The standard InChI is InChI=1S/C13H16ClN3/c1-9(11-4-3-5-13(14)6-11)15-7-12-8-16-17-10(12)2/h3-6,8-9,15H,7H2,1-2H3,(H,16,17). The van der Waals surface area contributed by atoms with E-state index in [2.05, 4.69) is 28.5 Å². The maximum absolute atomic E-state index is 5.97. The highest BCUT2D eigenvalue weighted by atomic mass is 35.5. The van der Waals surface area contributed by atoms with Crippen molar-refractivity contribution in [2.24, 2.45) is 0 Å². The first-order chi connectivity index (χ1) is 8.16. The Bertz CT molecular complexity index is 493. The molecular weight excluding hydrogens is 234 g/mol. The van der Waals surface area contributed by atoms with Gasteiger partial charge in [-0.05, 0) is 31.5 Å². The van der Waals surface area contributed by atoms with Crippen LogP contribution in [-0.4, -0.2) is 10.2 Å². The van der Waals surface area contributed by atoms with Gasteiger partial charge in [0, 0.05) is 28.9 Å². The maximum Gasteiger partial charge on any atom is 0.0535 e. The summed E-state index contributed by atoms with van der Waals surface area (Å²) >= 11 is 5.97. The third-order valence-corrected chi connectivity index (χ3v) is 3.12. The number of aryl methyl sites for hydroxylation is 1. The molecule has 2 rings (SSSR count). The summed E-state index contributed by atoms with van der Waals surface area (Å²) in [5.74, 6) is 0. The minimum atomic E-state index is 0.267. The molecule has 1 aromatic carbocycles. The molecule has 1 unspecified atom stereocenters. The molecule has 0 radical (unpaired) electrons. The summed E-state index contributed by atoms with van der Waals surface area (Å²) in [6.45, 7) is 4.95. The van der Waals surface area contributed by atoms with Crippen molar-refractivity contribution < 1.29 is 0 Å². The van der Waals surface area contributed by atoms with Gasteiger partial charge in [-0.25, -0.2) is 0 Å². The van der Waals surface area contributed by atoms with Crippen molar-refractivity contribution in [1.82, 2.24) is 15.5 Å². The molecule has 17 heavy (non-hydrogen) atoms. The number of rotatable bonds is 4. The van der Waals surface area contributed by atoms with Gasteiger partial charge in [-0.1, -0.05) is 23.7 Å². The van der Waals surface area contributed by atoms with E-state index in [1.165, 1.54) is 11.1 Å². The fourth-order valence-electron chi connectivity index (χ4n) is 1.71. The summed E-state index contributed by atoms with van der Waals surface area (Å²) in [5, 5.41) is 11.2. The SMILES string of the molecule is Cc1[nH]ncc1CNC(C)c1cccc(Cl)c1. The molecule has 2 N–H and O–H groups in total. The van der Waals surface area contributed by atoms with Crippen LogP contribution in [0.1, 0.15) is 29.8 Å². The molecule has 1 atom stereocenters. The molecule has 0 fully saturated rings. The zero-order valence-electron chi connectivity index (χ0n) is 10.00. The van der Waals surface area contributed by atoms with Crippen LogP contribution in [0.2, 0.25) is 5.02 Å². The van der Waals surface area contributed by atoms with E-state index >= 15 is 0 Å². The lowest BCUT2D eigenvalue weighted by Gasteiger charge is -2.14. The van der Waals surface area contributed by atoms with Crippen molar-refractivity contribution in [3.8, 4) is 0 Å². The number of nitrogens with one attached hydrogen (secondary N) is 2. The van der Waals surface area contributed by atoms with Crippen molar-refractivity contribution in [3.05, 3.63) is 52.3 Å². The monoisotopic (exact) mass is 249 g/mol. The van der Waals surface area contributed by atoms with Crippen molar-refractivity contribution in [2.75, 3.05) is 0 Å². The van der Waals surface area contributed by atoms with Crippen molar-refractivity contribution in [1.29, 1.82) is 0 Å². The minimum absolute atomic E-state index is 0.267. The lowest BCUT2D eigenvalue weighted by atomic mass is 10.1. The smallest absolute Gasteiger partial charge is 0.0535 e. The predicted octanol–water partition coefficient (Wildman–Crippen LogP) is 3.22. The van der Waals surface area contributed by atoms with Crippen LogP contribution in [-0.2, 0) is 6.54 Å². The highest BCUT2D eigenvalue weighted by molar-refractivity contribution is 6.30. The molecule has 0 amide bonds. The van der Waals surface area contributed by atoms with Gasteiger partial charge in [0.1, 0.15) is 0 Å². The normalized spacial score (nSPS) is 12.6. The first-order valence-electron chi connectivity index (χ1n) is 5.64. The maximum atomic E-state index is 5.97. The number of hydrogen-bond donors (Lipinski definition) is 2. The van der Waals surface area contributed by atoms with Crippen LogP contribution in [0.4, 0.5) is 0 Å². The Balaban J connectivity index is 1.98. The third kappa shape index (κ3) is 3.08. The van der Waals surface area contributed by atoms with Crippen LogP contribution in [0.5, 0.6) is 0 Å². The largest absolute Gasteiger partial charge is 0.306 e. The number of aromatic amines is 1. The molecule has 1 aromatic heterocycles. The Morgan fingerprint density at radius 3 is 2.94 bits per heavy atom. The predicted molar refractivity (Wildman–Crippen MR) is 70.0 cm³/mol. The van der Waals surface area contributed by atoms with Gasteiger partial charge in [0.2, 0.25) is 0 Å². The zero-order valence-corrected chi connectivity index (χ0v) is 10.8. The molecule has 4 heteroatoms. The summed E-state index contributed by atoms with van der Waals surface area (Å²) in [5.41, 5.74) is 3.49. The number of aromatic nitrogens is 2. The lowest BCUT2D eigenvalue weighted by Crippen LogP contribution is -2.18. The van der Waals surface area contributed by atoms with Gasteiger partial charge in [-0.2, -0.15) is 5.10 Å². The van der Waals surface area contributed by atoms with Crippen LogP contribution >= 0.6 is 11.6 Å². The summed E-state index contributed by atoms with van der Waals surface area (Å²) < 4.78 is 0. The number of H-pyrrole nitrogens is 1. The summed E-state index contributed by atoms with van der Waals surface area (Å²) in [4.78, 5) is 0. The van der Waals surface area contributed by atoms with Gasteiger partial charge >= 0.3 is 0 Å². The van der Waals surface area contributed by atoms with Crippen LogP contribution in [0.3, 0.4) is 0 Å². The van der Waals surface area contributed by atoms with E-state index in [-0.39, 0.29) is 6.04 Å². The van der Waals surface area contributed by atoms with E-state index in [9.17, 15) is 0 Å². The van der Waals surface area contributed by atoms with E-state index in [0.29, 0.717) is 0 Å². The Kier molecular flexibility index (Phi) is 3.82. The molecule has 0 aliphatic heterocycles. The van der Waals surface area contributed by atoms with Crippen molar-refractivity contribution in [2.45, 2.75) is 26.4 Å². The first-order valence-corrected chi connectivity index (χ1v) is 6.02. The average Bonchev–Trinajstić information content (AvgIpc) is 2.72. The number of halogens is 1. The second-order valence-electron chi connectivity index (χ2n) is 4.18. The quantitative estimate of drug-likeness (QED) is 0.874. The van der Waals surface area contributed by atoms with E-state index < -0.39 is 0 Å². The van der Waals surface area contributed by atoms with Gasteiger partial charge < -0.3 is 5.32 Å². The molecular formula is C13H16ClN3. The van der Waals surface area contributed by atoms with Crippen LogP contribution in [0.15, 0.2) is 30.5 Å². The topological polar surface area (TPSA) is 40.7 Å². The average molecular weight is 250 g/mol. The van der Waals surface area contributed by atoms with Gasteiger partial charge in [0.25, 0.3) is 0 Å². The molecule has 0 bridgehead atoms. The fourth-order valence-corrected chi connectivity index (χ4v) is 1.91. The second-order valence-corrected chi connectivity index (χ2v) is 4.61. The van der Waals surface area contributed by atoms with Crippen LogP contribution in [0.25, 0.3) is 0 Å². The molecule has 1 heterocycles. The number of benzene rings is 1. The molecule has 3 nitrogen and oxygen atoms in total. The molecule has 0 aliphatic rings. The number of hydrogen-bond acceptors (Lipinski definition) is 2. The lowest BCUT2D eigenvalue weighted by molar-refractivity contribution is 0.573. The highest BCUT2D eigenvalue weighted by Crippen LogP contribution is 2.17. The molecule has 0 saturated carbocycles. The van der Waals surface area contributed by atoms with Crippen molar-refractivity contribution >= 4 is 11.6 Å². The molecule has 0 spiro atoms. The van der Waals surface area contributed by atoms with Gasteiger partial charge in [-0.3, -0.25) is 5.10 Å². The first kappa shape index (κ1) is 12.1. The summed E-state index contributed by atoms with van der Waals surface area (Å²) in [7, 11) is 0. The van der Waals surface area contributed by atoms with E-state index in [0.717, 1.165) is 17.3 Å². The Morgan fingerprint density at radius 1 is 1.47 bits per heavy atom. The highest BCUT2D eigenvalue weighted by Gasteiger charge is 2.06. The molecule has 0 saturated heterocycles. The van der Waals surface area contributed by atoms with Crippen molar-refractivity contribution in [3.63, 3.8) is 0 Å². The van der Waals surface area contributed by atoms with Crippen LogP contribution in [0, 0.1) is 6.92 Å². The second kappa shape index (κ2) is 5.34. The van der Waals surface area contributed by atoms with E-state index in [1.54, 1.807) is 0 Å². The van der Waals surface area contributed by atoms with Gasteiger partial charge in [0.05, 0.1) is 6.20 Å². The van der Waals surface area contributed by atoms with Gasteiger partial charge in [0.15, 0.2) is 0 Å². The Labute approximate surface area is 106 Å². The van der Waals surface area contributed by atoms with Crippen LogP contribution < -0.4 is 5.32 Å². The van der Waals surface area contributed by atoms with Gasteiger partial charge in [-0.15, -0.1) is 0 Å². The fraction of sp³-hybridized carbons (Fsp3) is 0.308. The number of nitrogens with zero attached hydrogens (tertiary/aromatic N) is 1. The third-order valence-electron chi connectivity index (χ3n) is 2.88. The summed E-state index contributed by atoms with van der Waals surface area (Å²) in [6.07, 6.45) is 1.85. The van der Waals surface area contributed by atoms with E-state index in [4.69, 9.17) is 11.6 Å². The summed E-state index contributed by atoms with van der Waals surface area (Å²) in [6, 6.07) is 8.19. The Morgan fingerprint density at radius 2 is 2.29 bits per heavy atom. The molecule has 0 aliphatic carbocycles.